The molecule has 1 aromatic heterocycles. The molecular formula is C18H20N4O. The molecule has 0 amide bonds. The third-order valence-electron chi connectivity index (χ3n) is 3.96. The SMILES string of the molecule is CNNCc1nc2cccc(C)c2c(=O)n1-c1ccccc1C. The van der Waals surface area contributed by atoms with Crippen molar-refractivity contribution in [3.8, 4) is 5.69 Å². The van der Waals surface area contributed by atoms with Gasteiger partial charge in [0.05, 0.1) is 23.1 Å². The van der Waals surface area contributed by atoms with Gasteiger partial charge in [-0.25, -0.2) is 4.98 Å². The van der Waals surface area contributed by atoms with E-state index in [4.69, 9.17) is 4.98 Å². The van der Waals surface area contributed by atoms with E-state index < -0.39 is 0 Å². The van der Waals surface area contributed by atoms with Crippen LogP contribution in [-0.4, -0.2) is 16.6 Å². The minimum absolute atomic E-state index is 0.0321. The standard InChI is InChI=1S/C18H20N4O/c1-12-7-4-5-10-15(12)22-16(11-20-19-3)21-14-9-6-8-13(2)17(14)18(22)23/h4-10,19-20H,11H2,1-3H3. The lowest BCUT2D eigenvalue weighted by Gasteiger charge is -2.16. The van der Waals surface area contributed by atoms with E-state index in [1.54, 1.807) is 11.6 Å². The topological polar surface area (TPSA) is 59.0 Å². The van der Waals surface area contributed by atoms with Gasteiger partial charge in [0.15, 0.2) is 0 Å². The van der Waals surface area contributed by atoms with Crippen molar-refractivity contribution in [2.45, 2.75) is 20.4 Å². The van der Waals surface area contributed by atoms with Gasteiger partial charge in [-0.15, -0.1) is 0 Å². The number of hydrazine groups is 1. The number of hydrogen-bond donors (Lipinski definition) is 2. The Hall–Kier alpha value is -2.50. The molecule has 0 radical (unpaired) electrons. The van der Waals surface area contributed by atoms with Crippen molar-refractivity contribution in [2.24, 2.45) is 0 Å². The highest BCUT2D eigenvalue weighted by Gasteiger charge is 2.14. The van der Waals surface area contributed by atoms with E-state index in [0.717, 1.165) is 22.3 Å². The predicted octanol–water partition coefficient (Wildman–Crippen LogP) is 2.23. The molecule has 3 rings (SSSR count). The van der Waals surface area contributed by atoms with Crippen LogP contribution in [-0.2, 0) is 6.54 Å². The van der Waals surface area contributed by atoms with Crippen molar-refractivity contribution in [1.29, 1.82) is 0 Å². The monoisotopic (exact) mass is 308 g/mol. The zero-order valence-corrected chi connectivity index (χ0v) is 13.6. The fraction of sp³-hybridized carbons (Fsp3) is 0.222. The highest BCUT2D eigenvalue weighted by molar-refractivity contribution is 5.81. The van der Waals surface area contributed by atoms with Crippen LogP contribution in [0.15, 0.2) is 47.3 Å². The van der Waals surface area contributed by atoms with Crippen LogP contribution in [0.1, 0.15) is 17.0 Å². The Bertz CT molecular complexity index is 915. The number of benzene rings is 2. The number of rotatable bonds is 4. The first-order valence-electron chi connectivity index (χ1n) is 7.60. The highest BCUT2D eigenvalue weighted by atomic mass is 16.1. The molecule has 1 heterocycles. The third-order valence-corrected chi connectivity index (χ3v) is 3.96. The minimum Gasteiger partial charge on any atom is -0.268 e. The van der Waals surface area contributed by atoms with Crippen LogP contribution >= 0.6 is 0 Å². The second kappa shape index (κ2) is 6.32. The molecule has 0 aliphatic rings. The van der Waals surface area contributed by atoms with Crippen LogP contribution in [0, 0.1) is 13.8 Å². The van der Waals surface area contributed by atoms with E-state index in [-0.39, 0.29) is 5.56 Å². The first-order chi connectivity index (χ1) is 11.1. The minimum atomic E-state index is -0.0321. The molecule has 0 bridgehead atoms. The van der Waals surface area contributed by atoms with Gasteiger partial charge in [-0.2, -0.15) is 0 Å². The lowest BCUT2D eigenvalue weighted by atomic mass is 10.1. The van der Waals surface area contributed by atoms with Gasteiger partial charge in [0.25, 0.3) is 5.56 Å². The number of aromatic nitrogens is 2. The number of hydrogen-bond acceptors (Lipinski definition) is 4. The molecule has 2 N–H and O–H groups in total. The molecule has 23 heavy (non-hydrogen) atoms. The number of fused-ring (bicyclic) bond motifs is 1. The summed E-state index contributed by atoms with van der Waals surface area (Å²) >= 11 is 0. The van der Waals surface area contributed by atoms with Crippen molar-refractivity contribution >= 4 is 10.9 Å². The quantitative estimate of drug-likeness (QED) is 0.726. The summed E-state index contributed by atoms with van der Waals surface area (Å²) in [4.78, 5) is 17.9. The smallest absolute Gasteiger partial charge is 0.266 e. The summed E-state index contributed by atoms with van der Waals surface area (Å²) in [6, 6.07) is 13.6. The van der Waals surface area contributed by atoms with Crippen LogP contribution in [0.4, 0.5) is 0 Å². The first kappa shape index (κ1) is 15.4. The molecule has 0 atom stereocenters. The van der Waals surface area contributed by atoms with Crippen molar-refractivity contribution in [2.75, 3.05) is 7.05 Å². The average Bonchev–Trinajstić information content (AvgIpc) is 2.54. The largest absolute Gasteiger partial charge is 0.268 e. The Balaban J connectivity index is 2.37. The summed E-state index contributed by atoms with van der Waals surface area (Å²) in [6.07, 6.45) is 0. The lowest BCUT2D eigenvalue weighted by Crippen LogP contribution is -2.32. The molecule has 0 unspecified atom stereocenters. The summed E-state index contributed by atoms with van der Waals surface area (Å²) < 4.78 is 1.70. The number of nitrogens with one attached hydrogen (secondary N) is 2. The average molecular weight is 308 g/mol. The summed E-state index contributed by atoms with van der Waals surface area (Å²) in [5.41, 5.74) is 9.45. The van der Waals surface area contributed by atoms with E-state index in [1.165, 1.54) is 0 Å². The van der Waals surface area contributed by atoms with Gasteiger partial charge in [-0.1, -0.05) is 30.3 Å². The van der Waals surface area contributed by atoms with Gasteiger partial charge >= 0.3 is 0 Å². The molecule has 2 aromatic carbocycles. The Kier molecular flexibility index (Phi) is 4.23. The predicted molar refractivity (Wildman–Crippen MR) is 92.7 cm³/mol. The van der Waals surface area contributed by atoms with Gasteiger partial charge in [-0.3, -0.25) is 20.2 Å². The molecule has 5 heteroatoms. The molecular weight excluding hydrogens is 288 g/mol. The maximum Gasteiger partial charge on any atom is 0.266 e. The van der Waals surface area contributed by atoms with E-state index >= 15 is 0 Å². The maximum absolute atomic E-state index is 13.2. The maximum atomic E-state index is 13.2. The first-order valence-corrected chi connectivity index (χ1v) is 7.60. The zero-order chi connectivity index (χ0) is 16.4. The van der Waals surface area contributed by atoms with E-state index in [0.29, 0.717) is 17.8 Å². The summed E-state index contributed by atoms with van der Waals surface area (Å²) in [5, 5.41) is 0.670. The van der Waals surface area contributed by atoms with Crippen molar-refractivity contribution in [3.05, 3.63) is 69.8 Å². The molecule has 3 aromatic rings. The molecule has 118 valence electrons. The van der Waals surface area contributed by atoms with Gasteiger partial charge < -0.3 is 0 Å². The summed E-state index contributed by atoms with van der Waals surface area (Å²) in [6.45, 7) is 4.39. The number of para-hydroxylation sites is 1. The van der Waals surface area contributed by atoms with Crippen molar-refractivity contribution in [3.63, 3.8) is 0 Å². The van der Waals surface area contributed by atoms with Crippen LogP contribution in [0.2, 0.25) is 0 Å². The molecule has 0 aliphatic heterocycles. The Morgan fingerprint density at radius 1 is 1.04 bits per heavy atom. The molecule has 0 aliphatic carbocycles. The fourth-order valence-electron chi connectivity index (χ4n) is 2.79. The number of aryl methyl sites for hydroxylation is 2. The van der Waals surface area contributed by atoms with E-state index in [1.807, 2.05) is 56.3 Å². The van der Waals surface area contributed by atoms with E-state index in [2.05, 4.69) is 10.9 Å². The Labute approximate surface area is 135 Å². The second-order valence-corrected chi connectivity index (χ2v) is 5.53. The summed E-state index contributed by atoms with van der Waals surface area (Å²) in [5.74, 6) is 0.678. The van der Waals surface area contributed by atoms with Crippen LogP contribution < -0.4 is 16.4 Å². The highest BCUT2D eigenvalue weighted by Crippen LogP contribution is 2.18. The van der Waals surface area contributed by atoms with Crippen LogP contribution in [0.5, 0.6) is 0 Å². The third kappa shape index (κ3) is 2.76. The Morgan fingerprint density at radius 3 is 2.52 bits per heavy atom. The molecule has 0 saturated carbocycles. The van der Waals surface area contributed by atoms with E-state index in [9.17, 15) is 4.79 Å². The molecule has 5 nitrogen and oxygen atoms in total. The van der Waals surface area contributed by atoms with Gasteiger partial charge in [-0.05, 0) is 44.2 Å². The van der Waals surface area contributed by atoms with Crippen LogP contribution in [0.25, 0.3) is 16.6 Å². The molecule has 0 fully saturated rings. The molecule has 0 saturated heterocycles. The van der Waals surface area contributed by atoms with Crippen molar-refractivity contribution in [1.82, 2.24) is 20.4 Å². The molecule has 0 spiro atoms. The summed E-state index contributed by atoms with van der Waals surface area (Å²) in [7, 11) is 1.79. The number of nitrogens with zero attached hydrogens (tertiary/aromatic N) is 2. The normalized spacial score (nSPS) is 11.1. The lowest BCUT2D eigenvalue weighted by molar-refractivity contribution is 0.567. The second-order valence-electron chi connectivity index (χ2n) is 5.53. The van der Waals surface area contributed by atoms with Gasteiger partial charge in [0.1, 0.15) is 5.82 Å². The Morgan fingerprint density at radius 2 is 1.78 bits per heavy atom. The zero-order valence-electron chi connectivity index (χ0n) is 13.6. The van der Waals surface area contributed by atoms with Crippen molar-refractivity contribution < 1.29 is 0 Å². The van der Waals surface area contributed by atoms with Gasteiger partial charge in [0.2, 0.25) is 0 Å². The fourth-order valence-corrected chi connectivity index (χ4v) is 2.79. The van der Waals surface area contributed by atoms with Crippen LogP contribution in [0.3, 0.4) is 0 Å². The van der Waals surface area contributed by atoms with Gasteiger partial charge in [0, 0.05) is 0 Å².